The van der Waals surface area contributed by atoms with Crippen LogP contribution in [0, 0.1) is 5.82 Å². The van der Waals surface area contributed by atoms with Gasteiger partial charge in [0.2, 0.25) is 5.91 Å². The molecule has 0 spiro atoms. The maximum absolute atomic E-state index is 13.6. The zero-order valence-electron chi connectivity index (χ0n) is 16.9. The minimum Gasteiger partial charge on any atom is -0.350 e. The van der Waals surface area contributed by atoms with Crippen LogP contribution in [0.3, 0.4) is 0 Å². The maximum atomic E-state index is 13.6. The fourth-order valence-electron chi connectivity index (χ4n) is 3.30. The zero-order chi connectivity index (χ0) is 22.3. The molecule has 0 aliphatic heterocycles. The van der Waals surface area contributed by atoms with Crippen LogP contribution < -0.4 is 10.2 Å². The summed E-state index contributed by atoms with van der Waals surface area (Å²) in [5, 5.41) is 8.32. The molecule has 0 aliphatic rings. The van der Waals surface area contributed by atoms with Crippen molar-refractivity contribution >= 4 is 29.0 Å². The predicted octanol–water partition coefficient (Wildman–Crippen LogP) is 4.38. The smallest absolute Gasteiger partial charge is 0.280 e. The monoisotopic (exact) mass is 446 g/mol. The second kappa shape index (κ2) is 9.93. The van der Waals surface area contributed by atoms with Crippen molar-refractivity contribution in [2.45, 2.75) is 12.6 Å². The molecular formula is C24H19FN4O2S. The van der Waals surface area contributed by atoms with Crippen LogP contribution in [0.1, 0.15) is 27.7 Å². The first-order chi connectivity index (χ1) is 15.6. The van der Waals surface area contributed by atoms with E-state index in [1.165, 1.54) is 34.5 Å². The van der Waals surface area contributed by atoms with E-state index >= 15 is 0 Å². The number of anilines is 1. The molecule has 6 nitrogen and oxygen atoms in total. The molecule has 0 aliphatic carbocycles. The standard InChI is InChI=1S/C24H19FN4O2S/c25-19-11-13-20(14-12-19)29(24(31)21-16-32-28-27-21)22(18-9-5-2-6-10-18)23(30)26-15-17-7-3-1-4-8-17/h1-14,16,22H,15H2,(H,26,30). The van der Waals surface area contributed by atoms with E-state index in [4.69, 9.17) is 0 Å². The molecule has 8 heteroatoms. The van der Waals surface area contributed by atoms with Crippen molar-refractivity contribution < 1.29 is 14.0 Å². The van der Waals surface area contributed by atoms with Crippen LogP contribution >= 0.6 is 11.5 Å². The molecule has 1 N–H and O–H groups in total. The lowest BCUT2D eigenvalue weighted by atomic mass is 10.0. The predicted molar refractivity (Wildman–Crippen MR) is 121 cm³/mol. The van der Waals surface area contributed by atoms with E-state index in [1.54, 1.807) is 24.3 Å². The summed E-state index contributed by atoms with van der Waals surface area (Å²) >= 11 is 1.04. The molecule has 4 aromatic rings. The third-order valence-corrected chi connectivity index (χ3v) is 5.34. The van der Waals surface area contributed by atoms with E-state index in [9.17, 15) is 14.0 Å². The number of carbonyl (C=O) groups excluding carboxylic acids is 2. The fraction of sp³-hybridized carbons (Fsp3) is 0.0833. The van der Waals surface area contributed by atoms with Crippen molar-refractivity contribution in [2.75, 3.05) is 4.90 Å². The van der Waals surface area contributed by atoms with Gasteiger partial charge in [0.25, 0.3) is 5.91 Å². The number of aromatic nitrogens is 2. The lowest BCUT2D eigenvalue weighted by molar-refractivity contribution is -0.122. The number of hydrogen-bond donors (Lipinski definition) is 1. The van der Waals surface area contributed by atoms with E-state index in [0.29, 0.717) is 17.8 Å². The first-order valence-electron chi connectivity index (χ1n) is 9.86. The van der Waals surface area contributed by atoms with Gasteiger partial charge in [-0.25, -0.2) is 4.39 Å². The van der Waals surface area contributed by atoms with Gasteiger partial charge in [0, 0.05) is 17.6 Å². The number of halogens is 1. The zero-order valence-corrected chi connectivity index (χ0v) is 17.7. The summed E-state index contributed by atoms with van der Waals surface area (Å²) in [6.45, 7) is 0.298. The molecule has 1 atom stereocenters. The number of rotatable bonds is 7. The Morgan fingerprint density at radius 3 is 2.22 bits per heavy atom. The van der Waals surface area contributed by atoms with Crippen LogP contribution in [0.2, 0.25) is 0 Å². The number of amides is 2. The molecule has 160 valence electrons. The molecule has 0 bridgehead atoms. The Labute approximate surface area is 188 Å². The first-order valence-corrected chi connectivity index (χ1v) is 10.7. The van der Waals surface area contributed by atoms with Gasteiger partial charge in [-0.2, -0.15) is 0 Å². The minimum absolute atomic E-state index is 0.108. The van der Waals surface area contributed by atoms with Gasteiger partial charge in [0.15, 0.2) is 5.69 Å². The molecule has 1 heterocycles. The third-order valence-electron chi connectivity index (χ3n) is 4.83. The molecule has 0 saturated heterocycles. The number of nitrogens with zero attached hydrogens (tertiary/aromatic N) is 3. The highest BCUT2D eigenvalue weighted by Gasteiger charge is 2.34. The molecule has 0 fully saturated rings. The number of benzene rings is 3. The van der Waals surface area contributed by atoms with Crippen molar-refractivity contribution in [3.05, 3.63) is 113 Å². The van der Waals surface area contributed by atoms with Crippen LogP contribution in [-0.4, -0.2) is 21.4 Å². The topological polar surface area (TPSA) is 75.2 Å². The summed E-state index contributed by atoms with van der Waals surface area (Å²) in [6, 6.07) is 22.9. The van der Waals surface area contributed by atoms with E-state index in [2.05, 4.69) is 14.9 Å². The molecular weight excluding hydrogens is 427 g/mol. The van der Waals surface area contributed by atoms with Gasteiger partial charge in [0.05, 0.1) is 0 Å². The summed E-state index contributed by atoms with van der Waals surface area (Å²) < 4.78 is 17.4. The molecule has 2 amide bonds. The molecule has 1 aromatic heterocycles. The fourth-order valence-corrected chi connectivity index (χ4v) is 3.73. The van der Waals surface area contributed by atoms with Gasteiger partial charge < -0.3 is 5.32 Å². The van der Waals surface area contributed by atoms with E-state index in [-0.39, 0.29) is 11.6 Å². The number of carbonyl (C=O) groups is 2. The lowest BCUT2D eigenvalue weighted by Crippen LogP contribution is -2.44. The summed E-state index contributed by atoms with van der Waals surface area (Å²) in [5.74, 6) is -1.32. The van der Waals surface area contributed by atoms with Gasteiger partial charge in [0.1, 0.15) is 11.9 Å². The van der Waals surface area contributed by atoms with E-state index in [1.807, 2.05) is 36.4 Å². The van der Waals surface area contributed by atoms with Gasteiger partial charge in [-0.15, -0.1) is 5.10 Å². The summed E-state index contributed by atoms with van der Waals surface area (Å²) in [6.07, 6.45) is 0. The normalized spacial score (nSPS) is 11.5. The molecule has 0 radical (unpaired) electrons. The Balaban J connectivity index is 1.75. The Bertz CT molecular complexity index is 1170. The Kier molecular flexibility index (Phi) is 6.62. The van der Waals surface area contributed by atoms with E-state index < -0.39 is 17.8 Å². The van der Waals surface area contributed by atoms with Crippen LogP contribution in [0.15, 0.2) is 90.3 Å². The van der Waals surface area contributed by atoms with Crippen molar-refractivity contribution in [1.29, 1.82) is 0 Å². The molecule has 0 saturated carbocycles. The summed E-state index contributed by atoms with van der Waals surface area (Å²) in [5.41, 5.74) is 2.01. The van der Waals surface area contributed by atoms with Crippen LogP contribution in [0.4, 0.5) is 10.1 Å². The van der Waals surface area contributed by atoms with Crippen LogP contribution in [0.5, 0.6) is 0 Å². The third kappa shape index (κ3) is 4.87. The second-order valence-corrected chi connectivity index (χ2v) is 7.57. The van der Waals surface area contributed by atoms with Gasteiger partial charge in [-0.1, -0.05) is 65.2 Å². The van der Waals surface area contributed by atoms with Gasteiger partial charge in [-0.05, 0) is 46.9 Å². The average Bonchev–Trinajstić information content (AvgIpc) is 3.38. The Morgan fingerprint density at radius 2 is 1.59 bits per heavy atom. The summed E-state index contributed by atoms with van der Waals surface area (Å²) in [4.78, 5) is 28.2. The minimum atomic E-state index is -1.00. The molecule has 1 unspecified atom stereocenters. The largest absolute Gasteiger partial charge is 0.350 e. The Hall–Kier alpha value is -3.91. The average molecular weight is 447 g/mol. The number of nitrogens with one attached hydrogen (secondary N) is 1. The van der Waals surface area contributed by atoms with Crippen molar-refractivity contribution in [2.24, 2.45) is 0 Å². The summed E-state index contributed by atoms with van der Waals surface area (Å²) in [7, 11) is 0. The van der Waals surface area contributed by atoms with Crippen molar-refractivity contribution in [1.82, 2.24) is 14.9 Å². The SMILES string of the molecule is O=C(NCc1ccccc1)C(c1ccccc1)N(C(=O)c1csnn1)c1ccc(F)cc1. The Morgan fingerprint density at radius 1 is 0.938 bits per heavy atom. The van der Waals surface area contributed by atoms with Crippen LogP contribution in [-0.2, 0) is 11.3 Å². The van der Waals surface area contributed by atoms with Crippen LogP contribution in [0.25, 0.3) is 0 Å². The van der Waals surface area contributed by atoms with Gasteiger partial charge in [-0.3, -0.25) is 14.5 Å². The second-order valence-electron chi connectivity index (χ2n) is 6.96. The van der Waals surface area contributed by atoms with Crippen molar-refractivity contribution in [3.8, 4) is 0 Å². The molecule has 32 heavy (non-hydrogen) atoms. The highest BCUT2D eigenvalue weighted by atomic mass is 32.1. The van der Waals surface area contributed by atoms with Gasteiger partial charge >= 0.3 is 0 Å². The first kappa shape index (κ1) is 21.3. The highest BCUT2D eigenvalue weighted by Crippen LogP contribution is 2.30. The number of hydrogen-bond acceptors (Lipinski definition) is 5. The quantitative estimate of drug-likeness (QED) is 0.457. The highest BCUT2D eigenvalue weighted by molar-refractivity contribution is 7.03. The van der Waals surface area contributed by atoms with Crippen molar-refractivity contribution in [3.63, 3.8) is 0 Å². The molecule has 3 aromatic carbocycles. The lowest BCUT2D eigenvalue weighted by Gasteiger charge is -2.31. The van der Waals surface area contributed by atoms with E-state index in [0.717, 1.165) is 17.1 Å². The maximum Gasteiger partial charge on any atom is 0.280 e. The molecule has 4 rings (SSSR count).